The molecule has 1 unspecified atom stereocenters. The second-order valence-electron chi connectivity index (χ2n) is 5.23. The Hall–Kier alpha value is -1.68. The normalized spacial score (nSPS) is 14.2. The molecule has 0 aliphatic rings. The largest absolute Gasteiger partial charge is 0.395 e. The van der Waals surface area contributed by atoms with Crippen LogP contribution in [0.1, 0.15) is 38.1 Å². The summed E-state index contributed by atoms with van der Waals surface area (Å²) in [5.74, 6) is 0.951. The summed E-state index contributed by atoms with van der Waals surface area (Å²) in [6, 6.07) is 10.2. The van der Waals surface area contributed by atoms with Gasteiger partial charge < -0.3 is 5.11 Å². The lowest BCUT2D eigenvalue weighted by atomic mass is 9.76. The lowest BCUT2D eigenvalue weighted by Gasteiger charge is -2.31. The van der Waals surface area contributed by atoms with Crippen LogP contribution < -0.4 is 0 Å². The SMILES string of the molecule is CCCn1ncnc1CC(CC)(CO)c1ccccc1. The first-order chi connectivity index (χ1) is 9.75. The summed E-state index contributed by atoms with van der Waals surface area (Å²) in [4.78, 5) is 4.38. The van der Waals surface area contributed by atoms with Crippen molar-refractivity contribution in [2.45, 2.75) is 45.1 Å². The first-order valence-electron chi connectivity index (χ1n) is 7.29. The molecule has 0 fully saturated rings. The Morgan fingerprint density at radius 2 is 1.95 bits per heavy atom. The molecule has 4 nitrogen and oxygen atoms in total. The minimum Gasteiger partial charge on any atom is -0.395 e. The molecular formula is C16H23N3O. The van der Waals surface area contributed by atoms with Crippen molar-refractivity contribution in [1.82, 2.24) is 14.8 Å². The van der Waals surface area contributed by atoms with E-state index in [4.69, 9.17) is 0 Å². The Kier molecular flexibility index (Phi) is 4.90. The molecule has 20 heavy (non-hydrogen) atoms. The highest BCUT2D eigenvalue weighted by Gasteiger charge is 2.31. The van der Waals surface area contributed by atoms with Gasteiger partial charge in [0.1, 0.15) is 12.2 Å². The third kappa shape index (κ3) is 2.90. The molecule has 1 atom stereocenters. The van der Waals surface area contributed by atoms with Crippen molar-refractivity contribution in [1.29, 1.82) is 0 Å². The van der Waals surface area contributed by atoms with Crippen molar-refractivity contribution in [3.63, 3.8) is 0 Å². The number of aryl methyl sites for hydroxylation is 1. The molecule has 108 valence electrons. The average molecular weight is 273 g/mol. The summed E-state index contributed by atoms with van der Waals surface area (Å²) >= 11 is 0. The average Bonchev–Trinajstić information content (AvgIpc) is 2.93. The first-order valence-corrected chi connectivity index (χ1v) is 7.29. The van der Waals surface area contributed by atoms with Gasteiger partial charge >= 0.3 is 0 Å². The summed E-state index contributed by atoms with van der Waals surface area (Å²) in [6.45, 7) is 5.23. The second-order valence-corrected chi connectivity index (χ2v) is 5.23. The third-order valence-electron chi connectivity index (χ3n) is 3.99. The van der Waals surface area contributed by atoms with Crippen molar-refractivity contribution in [3.05, 3.63) is 48.0 Å². The van der Waals surface area contributed by atoms with E-state index in [1.807, 2.05) is 22.9 Å². The minimum absolute atomic E-state index is 0.118. The molecule has 1 heterocycles. The maximum absolute atomic E-state index is 9.99. The molecule has 0 amide bonds. The monoisotopic (exact) mass is 273 g/mol. The summed E-state index contributed by atoms with van der Waals surface area (Å²) in [6.07, 6.45) is 4.21. The van der Waals surface area contributed by atoms with Gasteiger partial charge in [0.15, 0.2) is 0 Å². The molecule has 1 aromatic heterocycles. The van der Waals surface area contributed by atoms with E-state index >= 15 is 0 Å². The van der Waals surface area contributed by atoms with Crippen LogP contribution in [0.25, 0.3) is 0 Å². The van der Waals surface area contributed by atoms with Gasteiger partial charge in [0.25, 0.3) is 0 Å². The molecule has 0 radical (unpaired) electrons. The van der Waals surface area contributed by atoms with E-state index in [1.165, 1.54) is 0 Å². The van der Waals surface area contributed by atoms with E-state index in [2.05, 4.69) is 36.1 Å². The molecule has 0 saturated heterocycles. The van der Waals surface area contributed by atoms with Crippen molar-refractivity contribution in [2.75, 3.05) is 6.61 Å². The highest BCUT2D eigenvalue weighted by atomic mass is 16.3. The summed E-state index contributed by atoms with van der Waals surface area (Å²) in [7, 11) is 0. The predicted octanol–water partition coefficient (Wildman–Crippen LogP) is 2.57. The van der Waals surface area contributed by atoms with Crippen LogP contribution in [0, 0.1) is 0 Å². The first kappa shape index (κ1) is 14.7. The number of nitrogens with zero attached hydrogens (tertiary/aromatic N) is 3. The van der Waals surface area contributed by atoms with Crippen molar-refractivity contribution in [2.24, 2.45) is 0 Å². The van der Waals surface area contributed by atoms with Crippen LogP contribution >= 0.6 is 0 Å². The molecule has 0 aliphatic carbocycles. The molecule has 0 spiro atoms. The molecule has 1 N–H and O–H groups in total. The Labute approximate surface area is 120 Å². The highest BCUT2D eigenvalue weighted by Crippen LogP contribution is 2.31. The van der Waals surface area contributed by atoms with E-state index in [9.17, 15) is 5.11 Å². The van der Waals surface area contributed by atoms with Gasteiger partial charge in [0, 0.05) is 18.4 Å². The van der Waals surface area contributed by atoms with E-state index in [0.717, 1.165) is 30.8 Å². The summed E-state index contributed by atoms with van der Waals surface area (Å²) < 4.78 is 1.95. The smallest absolute Gasteiger partial charge is 0.138 e. The lowest BCUT2D eigenvalue weighted by Crippen LogP contribution is -2.34. The minimum atomic E-state index is -0.278. The van der Waals surface area contributed by atoms with Crippen molar-refractivity contribution < 1.29 is 5.11 Å². The van der Waals surface area contributed by atoms with Crippen LogP contribution in [0.4, 0.5) is 0 Å². The topological polar surface area (TPSA) is 50.9 Å². The second kappa shape index (κ2) is 6.66. The van der Waals surface area contributed by atoms with Gasteiger partial charge in [-0.15, -0.1) is 0 Å². The van der Waals surface area contributed by atoms with Crippen molar-refractivity contribution in [3.8, 4) is 0 Å². The summed E-state index contributed by atoms with van der Waals surface area (Å²) in [5.41, 5.74) is 0.885. The molecule has 0 aliphatic heterocycles. The molecule has 2 rings (SSSR count). The number of benzene rings is 1. The van der Waals surface area contributed by atoms with Gasteiger partial charge in [-0.25, -0.2) is 4.98 Å². The van der Waals surface area contributed by atoms with Gasteiger partial charge in [0.2, 0.25) is 0 Å². The zero-order chi connectivity index (χ0) is 14.4. The molecule has 2 aromatic rings. The number of aliphatic hydroxyl groups is 1. The van der Waals surface area contributed by atoms with Gasteiger partial charge in [-0.2, -0.15) is 5.10 Å². The molecular weight excluding hydrogens is 250 g/mol. The van der Waals surface area contributed by atoms with Crippen LogP contribution in [0.3, 0.4) is 0 Å². The van der Waals surface area contributed by atoms with Crippen LogP contribution in [0.15, 0.2) is 36.7 Å². The molecule has 0 bridgehead atoms. The maximum atomic E-state index is 9.99. The Morgan fingerprint density at radius 3 is 2.55 bits per heavy atom. The highest BCUT2D eigenvalue weighted by molar-refractivity contribution is 5.27. The van der Waals surface area contributed by atoms with Gasteiger partial charge in [-0.3, -0.25) is 4.68 Å². The van der Waals surface area contributed by atoms with E-state index in [1.54, 1.807) is 6.33 Å². The predicted molar refractivity (Wildman–Crippen MR) is 79.5 cm³/mol. The van der Waals surface area contributed by atoms with Crippen LogP contribution in [-0.2, 0) is 18.4 Å². The quantitative estimate of drug-likeness (QED) is 0.843. The van der Waals surface area contributed by atoms with E-state index < -0.39 is 0 Å². The van der Waals surface area contributed by atoms with Crippen LogP contribution in [-0.4, -0.2) is 26.5 Å². The van der Waals surface area contributed by atoms with Gasteiger partial charge in [-0.05, 0) is 18.4 Å². The number of hydrogen-bond acceptors (Lipinski definition) is 3. The lowest BCUT2D eigenvalue weighted by molar-refractivity contribution is 0.183. The Bertz CT molecular complexity index is 518. The number of aromatic nitrogens is 3. The number of hydrogen-bond donors (Lipinski definition) is 1. The molecule has 4 heteroatoms. The fourth-order valence-electron chi connectivity index (χ4n) is 2.61. The standard InChI is InChI=1S/C16H23N3O/c1-3-10-19-15(17-13-18-19)11-16(4-2,12-20)14-8-6-5-7-9-14/h5-9,13,20H,3-4,10-12H2,1-2H3. The van der Waals surface area contributed by atoms with Gasteiger partial charge in [-0.1, -0.05) is 44.2 Å². The zero-order valence-electron chi connectivity index (χ0n) is 12.3. The van der Waals surface area contributed by atoms with Crippen LogP contribution in [0.2, 0.25) is 0 Å². The molecule has 0 saturated carbocycles. The Balaban J connectivity index is 2.32. The number of rotatable bonds is 7. The van der Waals surface area contributed by atoms with E-state index in [0.29, 0.717) is 6.42 Å². The van der Waals surface area contributed by atoms with Crippen LogP contribution in [0.5, 0.6) is 0 Å². The molecule has 1 aromatic carbocycles. The fraction of sp³-hybridized carbons (Fsp3) is 0.500. The maximum Gasteiger partial charge on any atom is 0.138 e. The fourth-order valence-corrected chi connectivity index (χ4v) is 2.61. The zero-order valence-corrected chi connectivity index (χ0v) is 12.3. The number of aliphatic hydroxyl groups excluding tert-OH is 1. The summed E-state index contributed by atoms with van der Waals surface area (Å²) in [5, 5.41) is 14.3. The van der Waals surface area contributed by atoms with Gasteiger partial charge in [0.05, 0.1) is 6.61 Å². The van der Waals surface area contributed by atoms with Crippen molar-refractivity contribution >= 4 is 0 Å². The Morgan fingerprint density at radius 1 is 1.20 bits per heavy atom. The van der Waals surface area contributed by atoms with E-state index in [-0.39, 0.29) is 12.0 Å². The third-order valence-corrected chi connectivity index (χ3v) is 3.99.